The van der Waals surface area contributed by atoms with Crippen molar-refractivity contribution < 1.29 is 4.74 Å². The summed E-state index contributed by atoms with van der Waals surface area (Å²) in [5.41, 5.74) is 0. The fourth-order valence-electron chi connectivity index (χ4n) is 2.83. The quantitative estimate of drug-likeness (QED) is 0.841. The minimum atomic E-state index is 0. The molecule has 2 saturated heterocycles. The minimum absolute atomic E-state index is 0. The van der Waals surface area contributed by atoms with E-state index in [0.717, 1.165) is 25.5 Å². The Bertz CT molecular complexity index is 198. The molecule has 0 amide bonds. The summed E-state index contributed by atoms with van der Waals surface area (Å²) in [6.45, 7) is 9.27. The number of rotatable bonds is 3. The molecule has 1 N–H and O–H groups in total. The van der Waals surface area contributed by atoms with Crippen LogP contribution >= 0.6 is 12.4 Å². The summed E-state index contributed by atoms with van der Waals surface area (Å²) in [5, 5.41) is 3.51. The van der Waals surface area contributed by atoms with Crippen LogP contribution in [0.4, 0.5) is 0 Å². The van der Waals surface area contributed by atoms with Crippen LogP contribution in [0.15, 0.2) is 0 Å². The van der Waals surface area contributed by atoms with E-state index < -0.39 is 0 Å². The van der Waals surface area contributed by atoms with Gasteiger partial charge in [0.1, 0.15) is 0 Å². The lowest BCUT2D eigenvalue weighted by Crippen LogP contribution is -2.40. The number of ether oxygens (including phenoxy) is 1. The van der Waals surface area contributed by atoms with Crippen LogP contribution < -0.4 is 5.32 Å². The zero-order valence-electron chi connectivity index (χ0n) is 11.0. The Morgan fingerprint density at radius 3 is 2.94 bits per heavy atom. The van der Waals surface area contributed by atoms with Gasteiger partial charge in [0.05, 0.1) is 6.10 Å². The maximum absolute atomic E-state index is 5.81. The molecule has 2 aliphatic rings. The van der Waals surface area contributed by atoms with Gasteiger partial charge in [-0.2, -0.15) is 0 Å². The summed E-state index contributed by atoms with van der Waals surface area (Å²) in [6, 6.07) is 0. The van der Waals surface area contributed by atoms with Gasteiger partial charge in [-0.15, -0.1) is 12.4 Å². The number of nitrogens with zero attached hydrogens (tertiary/aromatic N) is 1. The third kappa shape index (κ3) is 5.12. The van der Waals surface area contributed by atoms with Crippen molar-refractivity contribution in [1.29, 1.82) is 0 Å². The van der Waals surface area contributed by atoms with Crippen LogP contribution in [0, 0.1) is 5.92 Å². The average molecular weight is 263 g/mol. The molecule has 0 aromatic carbocycles. The van der Waals surface area contributed by atoms with Gasteiger partial charge < -0.3 is 15.0 Å². The maximum Gasteiger partial charge on any atom is 0.0699 e. The van der Waals surface area contributed by atoms with Gasteiger partial charge >= 0.3 is 0 Å². The minimum Gasteiger partial charge on any atom is -0.377 e. The molecular formula is C13H27ClN2O. The zero-order chi connectivity index (χ0) is 11.2. The van der Waals surface area contributed by atoms with Gasteiger partial charge in [-0.25, -0.2) is 0 Å². The predicted octanol–water partition coefficient (Wildman–Crippen LogP) is 1.91. The van der Waals surface area contributed by atoms with E-state index in [1.54, 1.807) is 0 Å². The normalized spacial score (nSPS) is 31.6. The van der Waals surface area contributed by atoms with E-state index in [9.17, 15) is 0 Å². The van der Waals surface area contributed by atoms with Gasteiger partial charge in [0.2, 0.25) is 0 Å². The SMILES string of the molecule is CCC1CN(CC2CCCNC2)CCCO1.Cl. The van der Waals surface area contributed by atoms with Crippen LogP contribution in [0.25, 0.3) is 0 Å². The molecule has 2 aliphatic heterocycles. The molecule has 2 atom stereocenters. The van der Waals surface area contributed by atoms with E-state index in [2.05, 4.69) is 17.1 Å². The fraction of sp³-hybridized carbons (Fsp3) is 1.00. The molecule has 3 nitrogen and oxygen atoms in total. The van der Waals surface area contributed by atoms with Crippen molar-refractivity contribution in [3.05, 3.63) is 0 Å². The standard InChI is InChI=1S/C13H26N2O.ClH/c1-2-13-11-15(7-4-8-16-13)10-12-5-3-6-14-9-12;/h12-14H,2-11H2,1H3;1H. The summed E-state index contributed by atoms with van der Waals surface area (Å²) < 4.78 is 5.81. The van der Waals surface area contributed by atoms with Gasteiger partial charge in [0.15, 0.2) is 0 Å². The van der Waals surface area contributed by atoms with E-state index in [4.69, 9.17) is 4.74 Å². The van der Waals surface area contributed by atoms with Crippen molar-refractivity contribution in [2.24, 2.45) is 5.92 Å². The first-order chi connectivity index (χ1) is 7.88. The lowest BCUT2D eigenvalue weighted by molar-refractivity contribution is 0.0493. The molecule has 0 spiro atoms. The van der Waals surface area contributed by atoms with E-state index in [1.807, 2.05) is 0 Å². The largest absolute Gasteiger partial charge is 0.377 e. The Hall–Kier alpha value is 0.170. The number of nitrogens with one attached hydrogen (secondary N) is 1. The molecule has 2 rings (SSSR count). The van der Waals surface area contributed by atoms with Crippen LogP contribution in [0.3, 0.4) is 0 Å². The van der Waals surface area contributed by atoms with E-state index in [1.165, 1.54) is 45.4 Å². The van der Waals surface area contributed by atoms with Gasteiger partial charge in [-0.05, 0) is 44.7 Å². The maximum atomic E-state index is 5.81. The highest BCUT2D eigenvalue weighted by atomic mass is 35.5. The average Bonchev–Trinajstić information content (AvgIpc) is 2.55. The first kappa shape index (κ1) is 15.2. The van der Waals surface area contributed by atoms with Crippen LogP contribution in [-0.4, -0.2) is 50.3 Å². The monoisotopic (exact) mass is 262 g/mol. The molecule has 17 heavy (non-hydrogen) atoms. The molecule has 0 radical (unpaired) electrons. The first-order valence-corrected chi connectivity index (χ1v) is 6.93. The van der Waals surface area contributed by atoms with Crippen LogP contribution in [0.1, 0.15) is 32.6 Å². The van der Waals surface area contributed by atoms with E-state index in [0.29, 0.717) is 6.10 Å². The number of hydrogen-bond donors (Lipinski definition) is 1. The second-order valence-electron chi connectivity index (χ2n) is 5.23. The first-order valence-electron chi connectivity index (χ1n) is 6.93. The Morgan fingerprint density at radius 2 is 2.24 bits per heavy atom. The lowest BCUT2D eigenvalue weighted by Gasteiger charge is -2.30. The molecule has 2 unspecified atom stereocenters. The van der Waals surface area contributed by atoms with Gasteiger partial charge in [-0.3, -0.25) is 0 Å². The van der Waals surface area contributed by atoms with Crippen LogP contribution in [-0.2, 0) is 4.74 Å². The molecule has 0 bridgehead atoms. The number of hydrogen-bond acceptors (Lipinski definition) is 3. The van der Waals surface area contributed by atoms with Gasteiger partial charge in [0.25, 0.3) is 0 Å². The van der Waals surface area contributed by atoms with Crippen molar-refractivity contribution in [2.45, 2.75) is 38.7 Å². The number of piperidine rings is 1. The highest BCUT2D eigenvalue weighted by Crippen LogP contribution is 2.15. The van der Waals surface area contributed by atoms with Crippen LogP contribution in [0.2, 0.25) is 0 Å². The smallest absolute Gasteiger partial charge is 0.0699 e. The lowest BCUT2D eigenvalue weighted by atomic mass is 9.99. The van der Waals surface area contributed by atoms with Crippen molar-refractivity contribution >= 4 is 12.4 Å². The highest BCUT2D eigenvalue weighted by Gasteiger charge is 2.21. The Morgan fingerprint density at radius 1 is 1.35 bits per heavy atom. The Labute approximate surface area is 112 Å². The second-order valence-corrected chi connectivity index (χ2v) is 5.23. The third-order valence-corrected chi connectivity index (χ3v) is 3.80. The molecular weight excluding hydrogens is 236 g/mol. The van der Waals surface area contributed by atoms with Gasteiger partial charge in [-0.1, -0.05) is 6.92 Å². The topological polar surface area (TPSA) is 24.5 Å². The van der Waals surface area contributed by atoms with Crippen molar-refractivity contribution in [2.75, 3.05) is 39.3 Å². The van der Waals surface area contributed by atoms with Gasteiger partial charge in [0, 0.05) is 26.2 Å². The molecule has 2 heterocycles. The summed E-state index contributed by atoms with van der Waals surface area (Å²) in [6.07, 6.45) is 5.59. The molecule has 0 aromatic rings. The number of halogens is 1. The van der Waals surface area contributed by atoms with E-state index in [-0.39, 0.29) is 12.4 Å². The Balaban J connectivity index is 0.00000144. The summed E-state index contributed by atoms with van der Waals surface area (Å²) >= 11 is 0. The molecule has 102 valence electrons. The summed E-state index contributed by atoms with van der Waals surface area (Å²) in [4.78, 5) is 2.62. The van der Waals surface area contributed by atoms with Crippen molar-refractivity contribution in [3.63, 3.8) is 0 Å². The Kier molecular flexibility index (Phi) is 7.44. The summed E-state index contributed by atoms with van der Waals surface area (Å²) in [5.74, 6) is 0.865. The fourth-order valence-corrected chi connectivity index (χ4v) is 2.83. The van der Waals surface area contributed by atoms with Crippen molar-refractivity contribution in [1.82, 2.24) is 10.2 Å². The van der Waals surface area contributed by atoms with E-state index >= 15 is 0 Å². The molecule has 0 aromatic heterocycles. The molecule has 2 fully saturated rings. The molecule has 0 saturated carbocycles. The second kappa shape index (κ2) is 8.30. The zero-order valence-corrected chi connectivity index (χ0v) is 11.8. The molecule has 0 aliphatic carbocycles. The third-order valence-electron chi connectivity index (χ3n) is 3.80. The predicted molar refractivity (Wildman–Crippen MR) is 73.9 cm³/mol. The highest BCUT2D eigenvalue weighted by molar-refractivity contribution is 5.85. The molecule has 4 heteroatoms. The van der Waals surface area contributed by atoms with Crippen LogP contribution in [0.5, 0.6) is 0 Å². The summed E-state index contributed by atoms with van der Waals surface area (Å²) in [7, 11) is 0. The van der Waals surface area contributed by atoms with Crippen molar-refractivity contribution in [3.8, 4) is 0 Å².